The van der Waals surface area contributed by atoms with Crippen molar-refractivity contribution in [2.75, 3.05) is 24.4 Å². The number of rotatable bonds is 3. The second-order valence-corrected chi connectivity index (χ2v) is 8.65. The molecule has 0 saturated carbocycles. The molecule has 0 bridgehead atoms. The third-order valence-corrected chi connectivity index (χ3v) is 6.68. The lowest BCUT2D eigenvalue weighted by molar-refractivity contribution is 0.0995. The average molecular weight is 409 g/mol. The molecule has 1 fully saturated rings. The summed E-state index contributed by atoms with van der Waals surface area (Å²) in [7, 11) is -1.96. The Balaban J connectivity index is 1.51. The van der Waals surface area contributed by atoms with Gasteiger partial charge >= 0.3 is 10.2 Å². The second kappa shape index (κ2) is 7.69. The van der Waals surface area contributed by atoms with Gasteiger partial charge in [0.05, 0.1) is 16.9 Å². The molecule has 0 aliphatic carbocycles. The number of hydrogen-bond acceptors (Lipinski definition) is 5. The van der Waals surface area contributed by atoms with Gasteiger partial charge in [-0.2, -0.15) is 12.7 Å². The molecule has 9 heteroatoms. The van der Waals surface area contributed by atoms with E-state index in [1.54, 1.807) is 49.6 Å². The van der Waals surface area contributed by atoms with E-state index >= 15 is 0 Å². The number of carbonyl (C=O) groups excluding carboxylic acids is 1. The summed E-state index contributed by atoms with van der Waals surface area (Å²) in [5, 5.41) is 8.75. The van der Waals surface area contributed by atoms with E-state index in [2.05, 4.69) is 15.2 Å². The van der Waals surface area contributed by atoms with Gasteiger partial charge in [-0.1, -0.05) is 12.1 Å². The highest BCUT2D eigenvalue weighted by atomic mass is 32.2. The summed E-state index contributed by atoms with van der Waals surface area (Å²) in [6, 6.07) is 15.5. The molecule has 0 atom stereocenters. The van der Waals surface area contributed by atoms with Crippen LogP contribution in [-0.4, -0.2) is 43.8 Å². The molecule has 2 aromatic carbocycles. The van der Waals surface area contributed by atoms with E-state index in [1.165, 1.54) is 8.61 Å². The number of nitrogens with zero attached hydrogens (tertiary/aromatic N) is 5. The van der Waals surface area contributed by atoms with Crippen molar-refractivity contribution in [1.29, 1.82) is 0 Å². The quantitative estimate of drug-likeness (QED) is 0.618. The van der Waals surface area contributed by atoms with Gasteiger partial charge in [0.2, 0.25) is 0 Å². The minimum atomic E-state index is -3.52. The van der Waals surface area contributed by atoms with Gasteiger partial charge in [0.25, 0.3) is 5.91 Å². The number of fused-ring (bicyclic) bond motifs is 1. The number of azo groups is 1. The van der Waals surface area contributed by atoms with E-state index < -0.39 is 16.1 Å². The molecule has 0 spiro atoms. The number of hydrogen-bond donors (Lipinski definition) is 0. The minimum absolute atomic E-state index is 0.333. The van der Waals surface area contributed by atoms with Crippen LogP contribution in [0.3, 0.4) is 0 Å². The first-order chi connectivity index (χ1) is 13.9. The Kier molecular flexibility index (Phi) is 5.08. The topological polar surface area (TPSA) is 95.3 Å². The normalized spacial score (nSPS) is 17.1. The van der Waals surface area contributed by atoms with E-state index in [9.17, 15) is 13.2 Å². The van der Waals surface area contributed by atoms with E-state index in [0.29, 0.717) is 30.0 Å². The van der Waals surface area contributed by atoms with Crippen molar-refractivity contribution in [2.45, 2.75) is 6.42 Å². The van der Waals surface area contributed by atoms with Crippen LogP contribution in [-0.2, 0) is 10.2 Å². The summed E-state index contributed by atoms with van der Waals surface area (Å²) < 4.78 is 27.5. The number of pyridine rings is 1. The molecule has 1 aromatic heterocycles. The first kappa shape index (κ1) is 19.2. The van der Waals surface area contributed by atoms with Crippen molar-refractivity contribution in [3.8, 4) is 0 Å². The Morgan fingerprint density at radius 1 is 1.07 bits per heavy atom. The van der Waals surface area contributed by atoms with Crippen LogP contribution < -0.4 is 4.31 Å². The predicted octanol–water partition coefficient (Wildman–Crippen LogP) is 3.55. The van der Waals surface area contributed by atoms with Gasteiger partial charge in [0, 0.05) is 37.3 Å². The molecule has 1 amide bonds. The Bertz CT molecular complexity index is 1190. The van der Waals surface area contributed by atoms with Gasteiger partial charge in [0.1, 0.15) is 0 Å². The molecule has 1 saturated heterocycles. The average Bonchev–Trinajstić information content (AvgIpc) is 2.74. The molecule has 148 valence electrons. The summed E-state index contributed by atoms with van der Waals surface area (Å²) in [5.74, 6) is -0.503. The first-order valence-corrected chi connectivity index (χ1v) is 10.5. The maximum atomic E-state index is 12.4. The van der Waals surface area contributed by atoms with Crippen LogP contribution in [0.5, 0.6) is 0 Å². The molecule has 0 radical (unpaired) electrons. The van der Waals surface area contributed by atoms with E-state index in [4.69, 9.17) is 0 Å². The predicted molar refractivity (Wildman–Crippen MR) is 111 cm³/mol. The number of anilines is 1. The number of amides is 1. The molecule has 1 aliphatic rings. The maximum absolute atomic E-state index is 12.4. The van der Waals surface area contributed by atoms with Crippen LogP contribution in [0.4, 0.5) is 11.4 Å². The first-order valence-electron chi connectivity index (χ1n) is 9.10. The standard InChI is InChI=1S/C20H19N5O3S/c1-24-12-3-13-25(29(24,27)28)18-9-6-16(7-10-18)20(26)23-22-17-8-5-15-4-2-11-21-19(15)14-17/h2,4-11,14H,3,12-13H2,1H3. The van der Waals surface area contributed by atoms with E-state index in [-0.39, 0.29) is 0 Å². The van der Waals surface area contributed by atoms with Crippen LogP contribution >= 0.6 is 0 Å². The lowest BCUT2D eigenvalue weighted by Gasteiger charge is -2.33. The van der Waals surface area contributed by atoms with Crippen LogP contribution in [0.15, 0.2) is 71.0 Å². The molecule has 2 heterocycles. The van der Waals surface area contributed by atoms with Crippen molar-refractivity contribution >= 4 is 38.4 Å². The van der Waals surface area contributed by atoms with Crippen molar-refractivity contribution in [1.82, 2.24) is 9.29 Å². The molecule has 29 heavy (non-hydrogen) atoms. The van der Waals surface area contributed by atoms with Crippen molar-refractivity contribution in [3.05, 3.63) is 66.4 Å². The highest BCUT2D eigenvalue weighted by molar-refractivity contribution is 7.90. The lowest BCUT2D eigenvalue weighted by Crippen LogP contribution is -2.47. The van der Waals surface area contributed by atoms with Crippen molar-refractivity contribution in [3.63, 3.8) is 0 Å². The minimum Gasteiger partial charge on any atom is -0.265 e. The molecule has 0 N–H and O–H groups in total. The SMILES string of the molecule is CN1CCCN(c2ccc(C(=O)N=Nc3ccc4cccnc4c3)cc2)S1(=O)=O. The molecule has 4 rings (SSSR count). The Labute approximate surface area is 168 Å². The summed E-state index contributed by atoms with van der Waals surface area (Å²) in [6.07, 6.45) is 2.43. The highest BCUT2D eigenvalue weighted by Crippen LogP contribution is 2.25. The monoisotopic (exact) mass is 409 g/mol. The zero-order valence-electron chi connectivity index (χ0n) is 15.8. The molecular formula is C20H19N5O3S. The van der Waals surface area contributed by atoms with Crippen molar-refractivity contribution < 1.29 is 13.2 Å². The zero-order chi connectivity index (χ0) is 20.4. The smallest absolute Gasteiger partial charge is 0.265 e. The van der Waals surface area contributed by atoms with Crippen LogP contribution in [0.2, 0.25) is 0 Å². The van der Waals surface area contributed by atoms with Crippen LogP contribution in [0.25, 0.3) is 10.9 Å². The van der Waals surface area contributed by atoms with Gasteiger partial charge in [-0.05, 0) is 48.9 Å². The fraction of sp³-hybridized carbons (Fsp3) is 0.200. The zero-order valence-corrected chi connectivity index (χ0v) is 16.6. The number of carbonyl (C=O) groups is 1. The van der Waals surface area contributed by atoms with Crippen LogP contribution in [0.1, 0.15) is 16.8 Å². The molecular weight excluding hydrogens is 390 g/mol. The highest BCUT2D eigenvalue weighted by Gasteiger charge is 2.30. The van der Waals surface area contributed by atoms with Gasteiger partial charge in [-0.3, -0.25) is 14.1 Å². The largest absolute Gasteiger partial charge is 0.303 e. The number of aromatic nitrogens is 1. The van der Waals surface area contributed by atoms with Gasteiger partial charge < -0.3 is 0 Å². The molecule has 8 nitrogen and oxygen atoms in total. The molecule has 3 aromatic rings. The lowest BCUT2D eigenvalue weighted by atomic mass is 10.2. The van der Waals surface area contributed by atoms with Gasteiger partial charge in [-0.15, -0.1) is 10.2 Å². The Morgan fingerprint density at radius 2 is 1.86 bits per heavy atom. The summed E-state index contributed by atoms with van der Waals surface area (Å²) in [5.41, 5.74) is 2.15. The Morgan fingerprint density at radius 3 is 2.66 bits per heavy atom. The second-order valence-electron chi connectivity index (χ2n) is 6.69. The number of benzene rings is 2. The van der Waals surface area contributed by atoms with Gasteiger partial charge in [-0.25, -0.2) is 0 Å². The Hall–Kier alpha value is -3.17. The molecule has 0 unspecified atom stereocenters. The third-order valence-electron chi connectivity index (χ3n) is 4.75. The maximum Gasteiger partial charge on any atom is 0.303 e. The van der Waals surface area contributed by atoms with Crippen molar-refractivity contribution in [2.24, 2.45) is 10.2 Å². The van der Waals surface area contributed by atoms with Gasteiger partial charge in [0.15, 0.2) is 0 Å². The van der Waals surface area contributed by atoms with E-state index in [0.717, 1.165) is 17.3 Å². The summed E-state index contributed by atoms with van der Waals surface area (Å²) >= 11 is 0. The summed E-state index contributed by atoms with van der Waals surface area (Å²) in [4.78, 5) is 16.6. The summed E-state index contributed by atoms with van der Waals surface area (Å²) in [6.45, 7) is 0.912. The van der Waals surface area contributed by atoms with Crippen LogP contribution in [0, 0.1) is 0 Å². The molecule has 1 aliphatic heterocycles. The fourth-order valence-electron chi connectivity index (χ4n) is 3.15. The fourth-order valence-corrected chi connectivity index (χ4v) is 4.59. The van der Waals surface area contributed by atoms with E-state index in [1.807, 2.05) is 18.2 Å². The third kappa shape index (κ3) is 3.87.